The highest BCUT2D eigenvalue weighted by molar-refractivity contribution is 6.18. The number of esters is 1. The maximum Gasteiger partial charge on any atom is 0.410 e. The highest BCUT2D eigenvalue weighted by Crippen LogP contribution is 2.03. The SMILES string of the molecule is CC(C)CCCOC(=O)CN(C)C(=O)CN(C)C(=O)OCCCl. The van der Waals surface area contributed by atoms with Crippen molar-refractivity contribution >= 4 is 29.6 Å². The van der Waals surface area contributed by atoms with E-state index in [4.69, 9.17) is 21.1 Å². The van der Waals surface area contributed by atoms with Gasteiger partial charge in [-0.05, 0) is 18.8 Å². The molecule has 134 valence electrons. The van der Waals surface area contributed by atoms with E-state index in [2.05, 4.69) is 13.8 Å². The number of hydrogen-bond acceptors (Lipinski definition) is 5. The minimum atomic E-state index is -0.635. The molecule has 0 aromatic carbocycles. The van der Waals surface area contributed by atoms with Crippen LogP contribution >= 0.6 is 11.6 Å². The first kappa shape index (κ1) is 21.5. The van der Waals surface area contributed by atoms with Gasteiger partial charge in [-0.25, -0.2) is 4.79 Å². The molecule has 0 unspecified atom stereocenters. The third kappa shape index (κ3) is 10.8. The number of likely N-dealkylation sites (N-methyl/N-ethyl adjacent to an activating group) is 2. The Morgan fingerprint density at radius 3 is 2.22 bits per heavy atom. The van der Waals surface area contributed by atoms with Crippen molar-refractivity contribution in [3.05, 3.63) is 0 Å². The Kier molecular flexibility index (Phi) is 11.2. The van der Waals surface area contributed by atoms with Crippen LogP contribution in [-0.4, -0.2) is 74.0 Å². The van der Waals surface area contributed by atoms with Crippen LogP contribution in [0.15, 0.2) is 0 Å². The Bertz CT molecular complexity index is 390. The quantitative estimate of drug-likeness (QED) is 0.341. The van der Waals surface area contributed by atoms with E-state index < -0.39 is 12.1 Å². The van der Waals surface area contributed by atoms with Crippen LogP contribution in [0.1, 0.15) is 26.7 Å². The number of alkyl halides is 1. The van der Waals surface area contributed by atoms with Crippen LogP contribution in [0.5, 0.6) is 0 Å². The van der Waals surface area contributed by atoms with E-state index in [-0.39, 0.29) is 31.5 Å². The Labute approximate surface area is 142 Å². The minimum Gasteiger partial charge on any atom is -0.464 e. The summed E-state index contributed by atoms with van der Waals surface area (Å²) >= 11 is 5.41. The van der Waals surface area contributed by atoms with Crippen LogP contribution in [0.2, 0.25) is 0 Å². The lowest BCUT2D eigenvalue weighted by atomic mass is 10.1. The van der Waals surface area contributed by atoms with Gasteiger partial charge in [-0.1, -0.05) is 13.8 Å². The summed E-state index contributed by atoms with van der Waals surface area (Å²) in [4.78, 5) is 37.4. The van der Waals surface area contributed by atoms with Crippen molar-refractivity contribution in [2.24, 2.45) is 5.92 Å². The van der Waals surface area contributed by atoms with Gasteiger partial charge in [0.05, 0.1) is 12.5 Å². The molecule has 0 rings (SSSR count). The Balaban J connectivity index is 4.04. The van der Waals surface area contributed by atoms with Gasteiger partial charge in [-0.2, -0.15) is 0 Å². The molecule has 0 fully saturated rings. The third-order valence-electron chi connectivity index (χ3n) is 2.97. The molecule has 0 aliphatic rings. The Hall–Kier alpha value is -1.50. The number of carbonyl (C=O) groups is 3. The molecule has 8 heteroatoms. The van der Waals surface area contributed by atoms with E-state index >= 15 is 0 Å². The molecular weight excluding hydrogens is 324 g/mol. The van der Waals surface area contributed by atoms with Gasteiger partial charge >= 0.3 is 12.1 Å². The van der Waals surface area contributed by atoms with Crippen molar-refractivity contribution < 1.29 is 23.9 Å². The molecule has 0 aliphatic heterocycles. The first-order chi connectivity index (χ1) is 10.8. The van der Waals surface area contributed by atoms with Crippen molar-refractivity contribution in [2.75, 3.05) is 46.3 Å². The smallest absolute Gasteiger partial charge is 0.410 e. The van der Waals surface area contributed by atoms with E-state index in [1.807, 2.05) is 0 Å². The van der Waals surface area contributed by atoms with Crippen LogP contribution in [0.25, 0.3) is 0 Å². The number of carbonyl (C=O) groups excluding carboxylic acids is 3. The van der Waals surface area contributed by atoms with Crippen molar-refractivity contribution in [3.8, 4) is 0 Å². The average Bonchev–Trinajstić information content (AvgIpc) is 2.48. The molecule has 0 aromatic rings. The maximum atomic E-state index is 11.9. The zero-order valence-electron chi connectivity index (χ0n) is 14.3. The standard InChI is InChI=1S/C15H27ClN2O5/c1-12(2)6-5-8-22-14(20)11-17(3)13(19)10-18(4)15(21)23-9-7-16/h12H,5-11H2,1-4H3. The fourth-order valence-electron chi connectivity index (χ4n) is 1.63. The number of halogens is 1. The lowest BCUT2D eigenvalue weighted by molar-refractivity contribution is -0.148. The summed E-state index contributed by atoms with van der Waals surface area (Å²) in [5.74, 6) is -0.0886. The summed E-state index contributed by atoms with van der Waals surface area (Å²) in [6, 6.07) is 0. The summed E-state index contributed by atoms with van der Waals surface area (Å²) in [5.41, 5.74) is 0. The van der Waals surface area contributed by atoms with Crippen LogP contribution in [0, 0.1) is 5.92 Å². The zero-order chi connectivity index (χ0) is 17.8. The summed E-state index contributed by atoms with van der Waals surface area (Å²) in [7, 11) is 2.92. The zero-order valence-corrected chi connectivity index (χ0v) is 15.1. The Morgan fingerprint density at radius 1 is 1.00 bits per heavy atom. The lowest BCUT2D eigenvalue weighted by Gasteiger charge is -2.21. The highest BCUT2D eigenvalue weighted by atomic mass is 35.5. The van der Waals surface area contributed by atoms with E-state index in [9.17, 15) is 14.4 Å². The largest absolute Gasteiger partial charge is 0.464 e. The van der Waals surface area contributed by atoms with Gasteiger partial charge < -0.3 is 19.3 Å². The first-order valence-corrected chi connectivity index (χ1v) is 8.14. The average molecular weight is 351 g/mol. The molecule has 0 heterocycles. The number of rotatable bonds is 10. The molecule has 0 radical (unpaired) electrons. The molecule has 23 heavy (non-hydrogen) atoms. The van der Waals surface area contributed by atoms with Crippen LogP contribution in [-0.2, 0) is 19.1 Å². The second kappa shape index (κ2) is 12.0. The molecule has 2 amide bonds. The normalized spacial score (nSPS) is 10.3. The Morgan fingerprint density at radius 2 is 1.65 bits per heavy atom. The number of ether oxygens (including phenoxy) is 2. The molecule has 0 N–H and O–H groups in total. The first-order valence-electron chi connectivity index (χ1n) is 7.61. The second-order valence-electron chi connectivity index (χ2n) is 5.67. The maximum absolute atomic E-state index is 11.9. The number of hydrogen-bond donors (Lipinski definition) is 0. The van der Waals surface area contributed by atoms with Gasteiger partial charge in [0.25, 0.3) is 0 Å². The molecule has 0 spiro atoms. The molecule has 0 aromatic heterocycles. The summed E-state index contributed by atoms with van der Waals surface area (Å²) in [6.45, 7) is 4.30. The van der Waals surface area contributed by atoms with Crippen molar-refractivity contribution in [3.63, 3.8) is 0 Å². The van der Waals surface area contributed by atoms with Crippen molar-refractivity contribution in [2.45, 2.75) is 26.7 Å². The van der Waals surface area contributed by atoms with Gasteiger partial charge in [0.15, 0.2) is 0 Å². The molecule has 0 saturated carbocycles. The number of nitrogens with zero attached hydrogens (tertiary/aromatic N) is 2. The summed E-state index contributed by atoms with van der Waals surface area (Å²) in [6.07, 6.45) is 1.15. The fourth-order valence-corrected chi connectivity index (χ4v) is 1.71. The fraction of sp³-hybridized carbons (Fsp3) is 0.800. The molecule has 0 bridgehead atoms. The molecule has 0 saturated heterocycles. The molecule has 0 aliphatic carbocycles. The van der Waals surface area contributed by atoms with Crippen molar-refractivity contribution in [1.29, 1.82) is 0 Å². The van der Waals surface area contributed by atoms with Gasteiger partial charge in [0, 0.05) is 14.1 Å². The van der Waals surface area contributed by atoms with Crippen molar-refractivity contribution in [1.82, 2.24) is 9.80 Å². The molecule has 7 nitrogen and oxygen atoms in total. The summed E-state index contributed by atoms with van der Waals surface area (Å²) in [5, 5.41) is 0. The number of amides is 2. The van der Waals surface area contributed by atoms with E-state index in [1.54, 1.807) is 0 Å². The highest BCUT2D eigenvalue weighted by Gasteiger charge is 2.19. The van der Waals surface area contributed by atoms with Gasteiger partial charge in [-0.3, -0.25) is 9.59 Å². The topological polar surface area (TPSA) is 76.2 Å². The minimum absolute atomic E-state index is 0.0808. The van der Waals surface area contributed by atoms with Gasteiger partial charge in [0.2, 0.25) is 5.91 Å². The predicted octanol–water partition coefficient (Wildman–Crippen LogP) is 1.73. The molecule has 0 atom stereocenters. The van der Waals surface area contributed by atoms with Crippen LogP contribution < -0.4 is 0 Å². The van der Waals surface area contributed by atoms with Gasteiger partial charge in [0.1, 0.15) is 19.7 Å². The predicted molar refractivity (Wildman–Crippen MR) is 87.4 cm³/mol. The van der Waals surface area contributed by atoms with E-state index in [1.165, 1.54) is 19.0 Å². The summed E-state index contributed by atoms with van der Waals surface area (Å²) < 4.78 is 9.86. The second-order valence-corrected chi connectivity index (χ2v) is 6.04. The van der Waals surface area contributed by atoms with Crippen LogP contribution in [0.3, 0.4) is 0 Å². The monoisotopic (exact) mass is 350 g/mol. The lowest BCUT2D eigenvalue weighted by Crippen LogP contribution is -2.41. The van der Waals surface area contributed by atoms with Crippen LogP contribution in [0.4, 0.5) is 4.79 Å². The third-order valence-corrected chi connectivity index (χ3v) is 3.12. The van der Waals surface area contributed by atoms with E-state index in [0.717, 1.165) is 17.7 Å². The van der Waals surface area contributed by atoms with Gasteiger partial charge in [-0.15, -0.1) is 11.6 Å². The molecular formula is C15H27ClN2O5. The van der Waals surface area contributed by atoms with E-state index in [0.29, 0.717) is 12.5 Å².